The number of nitrogens with one attached hydrogen (secondary N) is 1. The summed E-state index contributed by atoms with van der Waals surface area (Å²) >= 11 is 8.17. The fourth-order valence-electron chi connectivity index (χ4n) is 2.26. The van der Waals surface area contributed by atoms with Crippen LogP contribution in [0.2, 0.25) is 0 Å². The highest BCUT2D eigenvalue weighted by molar-refractivity contribution is 9.11. The first-order valence-corrected chi connectivity index (χ1v) is 9.23. The average Bonchev–Trinajstić information content (AvgIpc) is 2.55. The summed E-state index contributed by atoms with van der Waals surface area (Å²) in [6, 6.07) is 14.4. The number of fused-ring (bicyclic) bond motifs is 1. The lowest BCUT2D eigenvalue weighted by atomic mass is 10.1. The van der Waals surface area contributed by atoms with Crippen molar-refractivity contribution in [1.82, 2.24) is 0 Å². The van der Waals surface area contributed by atoms with Crippen LogP contribution < -0.4 is 4.72 Å². The summed E-state index contributed by atoms with van der Waals surface area (Å²) in [5.74, 6) is -1.38. The second-order valence-electron chi connectivity index (χ2n) is 4.95. The predicted octanol–water partition coefficient (Wildman–Crippen LogP) is 5.89. The molecule has 3 aromatic rings. The molecule has 0 atom stereocenters. The zero-order chi connectivity index (χ0) is 17.3. The zero-order valence-electron chi connectivity index (χ0n) is 12.1. The van der Waals surface area contributed by atoms with Crippen LogP contribution in [0.1, 0.15) is 10.4 Å². The molecule has 3 aromatic carbocycles. The molecule has 0 spiro atoms. The zero-order valence-corrected chi connectivity index (χ0v) is 16.1. The number of hydrogen-bond acceptors (Lipinski definition) is 4. The summed E-state index contributed by atoms with van der Waals surface area (Å²) in [5, 5.41) is 20.8. The van der Waals surface area contributed by atoms with Crippen molar-refractivity contribution < 1.29 is 15.0 Å². The Balaban J connectivity index is 2.02. The van der Waals surface area contributed by atoms with Crippen LogP contribution in [0.15, 0.2) is 62.4 Å². The monoisotopic (exact) mass is 467 g/mol. The van der Waals surface area contributed by atoms with Gasteiger partial charge in [-0.2, -0.15) is 0 Å². The van der Waals surface area contributed by atoms with E-state index in [4.69, 9.17) is 0 Å². The van der Waals surface area contributed by atoms with E-state index in [2.05, 4.69) is 36.6 Å². The number of carbonyl (C=O) groups is 1. The van der Waals surface area contributed by atoms with E-state index in [0.717, 1.165) is 24.9 Å². The lowest BCUT2D eigenvalue weighted by molar-refractivity contribution is 0.0694. The Morgan fingerprint density at radius 3 is 2.42 bits per heavy atom. The molecule has 3 rings (SSSR count). The third-order valence-electron chi connectivity index (χ3n) is 3.41. The Morgan fingerprint density at radius 2 is 1.75 bits per heavy atom. The summed E-state index contributed by atoms with van der Waals surface area (Å²) in [6.07, 6.45) is 0. The first-order valence-electron chi connectivity index (χ1n) is 6.83. The molecule has 0 unspecified atom stereocenters. The van der Waals surface area contributed by atoms with E-state index >= 15 is 0 Å². The minimum atomic E-state index is -1.16. The average molecular weight is 469 g/mol. The van der Waals surface area contributed by atoms with Gasteiger partial charge >= 0.3 is 5.97 Å². The molecule has 0 aliphatic carbocycles. The smallest absolute Gasteiger partial charge is 0.339 e. The number of carboxylic acid groups (broad SMARTS) is 1. The largest absolute Gasteiger partial charge is 0.506 e. The van der Waals surface area contributed by atoms with Crippen molar-refractivity contribution in [2.75, 3.05) is 4.72 Å². The van der Waals surface area contributed by atoms with Crippen molar-refractivity contribution in [3.63, 3.8) is 0 Å². The summed E-state index contributed by atoms with van der Waals surface area (Å²) < 4.78 is 5.04. The van der Waals surface area contributed by atoms with Crippen molar-refractivity contribution >= 4 is 66.2 Å². The van der Waals surface area contributed by atoms with Gasteiger partial charge in [0.2, 0.25) is 0 Å². The SMILES string of the molecule is O=C(O)c1cc(SNc2ccc(Br)cc2Br)c2ccccc2c1O. The molecule has 0 aromatic heterocycles. The minimum Gasteiger partial charge on any atom is -0.506 e. The molecule has 7 heteroatoms. The third-order valence-corrected chi connectivity index (χ3v) is 5.44. The van der Waals surface area contributed by atoms with Gasteiger partial charge in [0.15, 0.2) is 0 Å². The topological polar surface area (TPSA) is 69.6 Å². The van der Waals surface area contributed by atoms with Gasteiger partial charge in [0.25, 0.3) is 0 Å². The molecule has 24 heavy (non-hydrogen) atoms. The van der Waals surface area contributed by atoms with Gasteiger partial charge in [0, 0.05) is 24.6 Å². The fourth-order valence-corrected chi connectivity index (χ4v) is 4.40. The Kier molecular flexibility index (Phi) is 5.03. The van der Waals surface area contributed by atoms with E-state index in [1.807, 2.05) is 30.3 Å². The number of rotatable bonds is 4. The molecule has 0 heterocycles. The van der Waals surface area contributed by atoms with Crippen LogP contribution in [0.25, 0.3) is 10.8 Å². The molecule has 0 amide bonds. The maximum absolute atomic E-state index is 11.4. The highest BCUT2D eigenvalue weighted by atomic mass is 79.9. The van der Waals surface area contributed by atoms with Crippen molar-refractivity contribution in [1.29, 1.82) is 0 Å². The highest BCUT2D eigenvalue weighted by Gasteiger charge is 2.16. The van der Waals surface area contributed by atoms with Crippen LogP contribution in [0.4, 0.5) is 5.69 Å². The van der Waals surface area contributed by atoms with E-state index in [1.54, 1.807) is 12.1 Å². The lowest BCUT2D eigenvalue weighted by Crippen LogP contribution is -1.99. The van der Waals surface area contributed by atoms with Gasteiger partial charge in [0.05, 0.1) is 5.69 Å². The molecule has 4 nitrogen and oxygen atoms in total. The number of carboxylic acids is 1. The van der Waals surface area contributed by atoms with Gasteiger partial charge in [-0.25, -0.2) is 4.79 Å². The Bertz CT molecular complexity index is 947. The molecule has 0 radical (unpaired) electrons. The van der Waals surface area contributed by atoms with Gasteiger partial charge in [-0.15, -0.1) is 0 Å². The second-order valence-corrected chi connectivity index (χ2v) is 7.57. The Morgan fingerprint density at radius 1 is 1.04 bits per heavy atom. The second kappa shape index (κ2) is 7.04. The molecule has 0 bridgehead atoms. The van der Waals surface area contributed by atoms with Crippen LogP contribution >= 0.6 is 43.8 Å². The number of aromatic carboxylic acids is 1. The predicted molar refractivity (Wildman–Crippen MR) is 104 cm³/mol. The Labute approximate surface area is 159 Å². The molecule has 0 aliphatic rings. The summed E-state index contributed by atoms with van der Waals surface area (Å²) in [5.41, 5.74) is 0.741. The number of benzene rings is 3. The molecule has 0 aliphatic heterocycles. The highest BCUT2D eigenvalue weighted by Crippen LogP contribution is 2.38. The molecule has 0 saturated heterocycles. The van der Waals surface area contributed by atoms with Crippen LogP contribution in [0.5, 0.6) is 5.75 Å². The van der Waals surface area contributed by atoms with Gasteiger partial charge in [-0.1, -0.05) is 40.2 Å². The van der Waals surface area contributed by atoms with Gasteiger partial charge in [0.1, 0.15) is 11.3 Å². The number of hydrogen-bond donors (Lipinski definition) is 3. The van der Waals surface area contributed by atoms with Crippen LogP contribution in [-0.4, -0.2) is 16.2 Å². The van der Waals surface area contributed by atoms with Crippen LogP contribution in [0, 0.1) is 0 Å². The van der Waals surface area contributed by atoms with Crippen LogP contribution in [-0.2, 0) is 0 Å². The maximum atomic E-state index is 11.4. The number of halogens is 2. The van der Waals surface area contributed by atoms with Crippen molar-refractivity contribution in [3.8, 4) is 5.75 Å². The standard InChI is InChI=1S/C17H11Br2NO3S/c18-9-5-6-14(13(19)7-9)20-24-15-8-12(17(22)23)16(21)11-4-2-1-3-10(11)15/h1-8,20-21H,(H,22,23). The maximum Gasteiger partial charge on any atom is 0.339 e. The number of aromatic hydroxyl groups is 1. The summed E-state index contributed by atoms with van der Waals surface area (Å²) in [7, 11) is 0. The van der Waals surface area contributed by atoms with Gasteiger partial charge in [-0.3, -0.25) is 0 Å². The van der Waals surface area contributed by atoms with Crippen molar-refractivity contribution in [2.24, 2.45) is 0 Å². The minimum absolute atomic E-state index is 0.118. The molecule has 122 valence electrons. The Hall–Kier alpha value is -1.70. The molecular formula is C17H11Br2NO3S. The first-order chi connectivity index (χ1) is 11.5. The van der Waals surface area contributed by atoms with Gasteiger partial charge in [-0.05, 0) is 52.1 Å². The number of anilines is 1. The van der Waals surface area contributed by atoms with Crippen molar-refractivity contribution in [2.45, 2.75) is 4.90 Å². The molecule has 0 saturated carbocycles. The fraction of sp³-hybridized carbons (Fsp3) is 0. The van der Waals surface area contributed by atoms with Crippen molar-refractivity contribution in [3.05, 3.63) is 63.0 Å². The van der Waals surface area contributed by atoms with Gasteiger partial charge < -0.3 is 14.9 Å². The molecular weight excluding hydrogens is 458 g/mol. The lowest BCUT2D eigenvalue weighted by Gasteiger charge is -2.12. The van der Waals surface area contributed by atoms with E-state index in [0.29, 0.717) is 5.39 Å². The van der Waals surface area contributed by atoms with E-state index in [-0.39, 0.29) is 11.3 Å². The molecule has 0 fully saturated rings. The number of phenols is 1. The third kappa shape index (κ3) is 3.38. The first kappa shape index (κ1) is 17.1. The summed E-state index contributed by atoms with van der Waals surface area (Å²) in [4.78, 5) is 12.1. The normalized spacial score (nSPS) is 10.8. The summed E-state index contributed by atoms with van der Waals surface area (Å²) in [6.45, 7) is 0. The molecule has 3 N–H and O–H groups in total. The van der Waals surface area contributed by atoms with E-state index < -0.39 is 5.97 Å². The van der Waals surface area contributed by atoms with E-state index in [1.165, 1.54) is 18.0 Å². The van der Waals surface area contributed by atoms with Crippen LogP contribution in [0.3, 0.4) is 0 Å². The quantitative estimate of drug-likeness (QED) is 0.416. The van der Waals surface area contributed by atoms with E-state index in [9.17, 15) is 15.0 Å².